The lowest BCUT2D eigenvalue weighted by Crippen LogP contribution is -2.57. The van der Waals surface area contributed by atoms with Crippen molar-refractivity contribution in [3.05, 3.63) is 107 Å². The van der Waals surface area contributed by atoms with Gasteiger partial charge in [-0.1, -0.05) is 48.0 Å². The number of nitrogens with zero attached hydrogens (tertiary/aromatic N) is 1. The van der Waals surface area contributed by atoms with Crippen molar-refractivity contribution < 1.29 is 75.3 Å². The van der Waals surface area contributed by atoms with Gasteiger partial charge in [-0.15, -0.1) is 0 Å². The molecule has 0 saturated heterocycles. The van der Waals surface area contributed by atoms with Crippen LogP contribution in [0.4, 0.5) is 14.4 Å². The number of amides is 6. The number of Topliss-reactive ketones (excluding diaryl/α,β-unsaturated/α-hetero) is 1. The third kappa shape index (κ3) is 21.5. The Morgan fingerprint density at radius 2 is 1.25 bits per heavy atom. The third-order valence-electron chi connectivity index (χ3n) is 12.5. The van der Waals surface area contributed by atoms with Gasteiger partial charge in [0.1, 0.15) is 52.5 Å². The lowest BCUT2D eigenvalue weighted by atomic mass is 9.93. The van der Waals surface area contributed by atoms with Gasteiger partial charge in [0.15, 0.2) is 5.78 Å². The monoisotopic (exact) mass is 1220 g/mol. The average Bonchev–Trinajstić information content (AvgIpc) is 2.35. The minimum absolute atomic E-state index is 0.00424. The summed E-state index contributed by atoms with van der Waals surface area (Å²) < 4.78 is 53.7. The molecule has 0 saturated carbocycles. The van der Waals surface area contributed by atoms with Crippen molar-refractivity contribution >= 4 is 75.3 Å². The van der Waals surface area contributed by atoms with E-state index in [0.29, 0.717) is 11.4 Å². The topological polar surface area (TPSA) is 309 Å². The zero-order valence-electron chi connectivity index (χ0n) is 50.0. The van der Waals surface area contributed by atoms with Crippen molar-refractivity contribution in [1.29, 1.82) is 0 Å². The molecule has 6 N–H and O–H groups in total. The zero-order chi connectivity index (χ0) is 63.4. The van der Waals surface area contributed by atoms with E-state index in [0.717, 1.165) is 22.3 Å². The van der Waals surface area contributed by atoms with Crippen molar-refractivity contribution in [3.8, 4) is 33.8 Å². The molecule has 0 radical (unpaired) electrons. The highest BCUT2D eigenvalue weighted by Crippen LogP contribution is 2.41. The highest BCUT2D eigenvalue weighted by Gasteiger charge is 2.37. The molecule has 0 aliphatic carbocycles. The van der Waals surface area contributed by atoms with Gasteiger partial charge >= 0.3 is 18.4 Å². The van der Waals surface area contributed by atoms with Crippen molar-refractivity contribution in [2.75, 3.05) is 26.4 Å². The number of nitrogens with one attached hydrogen (secondary N) is 6. The van der Waals surface area contributed by atoms with E-state index in [1.165, 1.54) is 57.3 Å². The predicted octanol–water partition coefficient (Wildman–Crippen LogP) is 7.46. The maximum Gasteiger partial charge on any atom is 0.514 e. The molecule has 1 aliphatic rings. The Kier molecular flexibility index (Phi) is 22.8. The quantitative estimate of drug-likeness (QED) is 0.0244. The minimum atomic E-state index is -3.80. The molecule has 6 amide bonds. The van der Waals surface area contributed by atoms with Crippen molar-refractivity contribution in [3.63, 3.8) is 0 Å². The maximum absolute atomic E-state index is 15.3. The molecule has 1 heterocycles. The number of ether oxygens (including phenoxy) is 5. The van der Waals surface area contributed by atoms with Crippen LogP contribution in [0, 0.1) is 0 Å². The summed E-state index contributed by atoms with van der Waals surface area (Å²) in [6.45, 7) is 16.9. The summed E-state index contributed by atoms with van der Waals surface area (Å²) in [5, 5.41) is 13.9. The second kappa shape index (κ2) is 28.7. The largest absolute Gasteiger partial charge is 0.514 e. The summed E-state index contributed by atoms with van der Waals surface area (Å²) in [5.74, 6) is -5.30. The molecule has 0 unspecified atom stereocenters. The van der Waals surface area contributed by atoms with Gasteiger partial charge in [-0.25, -0.2) is 27.5 Å². The molecule has 0 spiro atoms. The SMILES string of the molecule is C[C@H](NC(=O)[C@@H]1Cc2ccc(OC(=O)OC(C)(C)C)c(c2)-c2cc(ccc2OC(=O)OC(C)(C)C)[C@H](N(C)C(=O)[C@H](CCCCNC(=O)OC(C)(C)C)NC(=O)c2ccc(-c3ccc(Cl)cc3)cc2)C(=O)N[C@@H](C)C(=O)N1)C(=O)CNS(C)(=O)=O. The molecule has 25 heteroatoms. The van der Waals surface area contributed by atoms with Crippen LogP contribution < -0.4 is 40.8 Å². The van der Waals surface area contributed by atoms with Crippen LogP contribution in [0.3, 0.4) is 0 Å². The minimum Gasteiger partial charge on any atom is -0.444 e. The Labute approximate surface area is 500 Å². The first-order valence-corrected chi connectivity index (χ1v) is 29.6. The Morgan fingerprint density at radius 3 is 1.80 bits per heavy atom. The molecule has 23 nitrogen and oxygen atoms in total. The molecule has 0 fully saturated rings. The number of rotatable bonds is 18. The van der Waals surface area contributed by atoms with Crippen LogP contribution in [-0.2, 0) is 54.6 Å². The number of sulfonamides is 1. The van der Waals surface area contributed by atoms with E-state index in [1.807, 2.05) is 12.1 Å². The number of likely N-dealkylation sites (N-methyl/N-ethyl adjacent to an activating group) is 1. The molecular weight excluding hydrogens is 1140 g/mol. The first-order valence-electron chi connectivity index (χ1n) is 27.3. The van der Waals surface area contributed by atoms with E-state index in [-0.39, 0.29) is 65.1 Å². The van der Waals surface area contributed by atoms with E-state index in [9.17, 15) is 42.0 Å². The summed E-state index contributed by atoms with van der Waals surface area (Å²) in [5.41, 5.74) is -0.757. The lowest BCUT2D eigenvalue weighted by Gasteiger charge is -2.33. The number of fused-ring (bicyclic) bond motifs is 5. The van der Waals surface area contributed by atoms with Gasteiger partial charge in [0.05, 0.1) is 18.8 Å². The molecule has 4 aromatic rings. The summed E-state index contributed by atoms with van der Waals surface area (Å²) in [6, 6.07) is 14.9. The summed E-state index contributed by atoms with van der Waals surface area (Å²) in [6.07, 6.45) is -1.89. The van der Waals surface area contributed by atoms with Crippen LogP contribution in [0.25, 0.3) is 22.3 Å². The molecule has 4 aromatic carbocycles. The lowest BCUT2D eigenvalue weighted by molar-refractivity contribution is -0.141. The first-order chi connectivity index (χ1) is 39.5. The Morgan fingerprint density at radius 1 is 0.706 bits per heavy atom. The van der Waals surface area contributed by atoms with E-state index in [4.69, 9.17) is 35.3 Å². The van der Waals surface area contributed by atoms with Crippen LogP contribution in [0.2, 0.25) is 5.02 Å². The van der Waals surface area contributed by atoms with Crippen molar-refractivity contribution in [1.82, 2.24) is 36.2 Å². The normalized spacial score (nSPS) is 16.3. The number of hydrogen-bond acceptors (Lipinski definition) is 16. The van der Waals surface area contributed by atoms with Gasteiger partial charge in [0.2, 0.25) is 33.7 Å². The second-order valence-corrected chi connectivity index (χ2v) is 25.7. The highest BCUT2D eigenvalue weighted by atomic mass is 35.5. The standard InChI is InChI=1S/C60H76ClN7O16S/c1-34(46(69)33-63-85(13,78)79)64-52(72)45-31-36-17-27-47(80-56(76)83-59(6,7)8)42(30-36)43-32-40(24-28-48(43)81-57(77)84-60(9,10)11)49(53(73)65-35(2)50(70)67-45)68(12)54(74)44(16-14-15-29-62-55(75)82-58(3,4)5)66-51(71)39-20-18-37(19-21-39)38-22-25-41(61)26-23-38/h17-28,30,32,34-35,44-45,49,63H,14-16,29,31,33H2,1-13H3,(H,62,75)(H,64,72)(H,65,73)(H,66,71)(H,67,70)/t34-,35-,44-,45-,49-/m0/s1. The van der Waals surface area contributed by atoms with E-state index < -0.39 is 117 Å². The number of ketones is 1. The fourth-order valence-corrected chi connectivity index (χ4v) is 8.98. The van der Waals surface area contributed by atoms with Gasteiger partial charge in [0.25, 0.3) is 5.91 Å². The predicted molar refractivity (Wildman–Crippen MR) is 316 cm³/mol. The Bertz CT molecular complexity index is 3250. The summed E-state index contributed by atoms with van der Waals surface area (Å²) >= 11 is 6.11. The van der Waals surface area contributed by atoms with Gasteiger partial charge in [0, 0.05) is 41.7 Å². The molecular formula is C60H76ClN7O16S. The number of hydrogen-bond donors (Lipinski definition) is 6. The van der Waals surface area contributed by atoms with Crippen molar-refractivity contribution in [2.45, 2.75) is 149 Å². The van der Waals surface area contributed by atoms with Crippen LogP contribution in [0.5, 0.6) is 11.5 Å². The Balaban J connectivity index is 1.66. The highest BCUT2D eigenvalue weighted by molar-refractivity contribution is 7.88. The maximum atomic E-state index is 15.3. The molecule has 4 bridgehead atoms. The number of carbonyl (C=O) groups excluding carboxylic acids is 9. The van der Waals surface area contributed by atoms with Crippen LogP contribution in [0.1, 0.15) is 123 Å². The van der Waals surface area contributed by atoms with Gasteiger partial charge in [-0.3, -0.25) is 28.8 Å². The number of halogens is 1. The van der Waals surface area contributed by atoms with Gasteiger partial charge in [-0.2, -0.15) is 0 Å². The fourth-order valence-electron chi connectivity index (χ4n) is 8.45. The molecule has 5 atom stereocenters. The third-order valence-corrected chi connectivity index (χ3v) is 13.4. The number of alkyl carbamates (subject to hydrolysis) is 1. The molecule has 460 valence electrons. The Hall–Kier alpha value is -8.09. The van der Waals surface area contributed by atoms with Crippen LogP contribution >= 0.6 is 11.6 Å². The molecule has 5 rings (SSSR count). The second-order valence-electron chi connectivity index (χ2n) is 23.4. The van der Waals surface area contributed by atoms with Crippen LogP contribution in [0.15, 0.2) is 84.9 Å². The van der Waals surface area contributed by atoms with Crippen LogP contribution in [-0.4, -0.2) is 134 Å². The smallest absolute Gasteiger partial charge is 0.444 e. The molecule has 1 aliphatic heterocycles. The van der Waals surface area contributed by atoms with E-state index >= 15 is 9.59 Å². The van der Waals surface area contributed by atoms with E-state index in [1.54, 1.807) is 98.7 Å². The summed E-state index contributed by atoms with van der Waals surface area (Å²) in [7, 11) is -2.49. The fraction of sp³-hybridized carbons (Fsp3) is 0.450. The molecule has 0 aromatic heterocycles. The van der Waals surface area contributed by atoms with Gasteiger partial charge in [-0.05, 0) is 166 Å². The first kappa shape index (κ1) is 67.7. The van der Waals surface area contributed by atoms with Crippen molar-refractivity contribution in [2.24, 2.45) is 0 Å². The number of carbonyl (C=O) groups is 9. The molecule has 85 heavy (non-hydrogen) atoms. The van der Waals surface area contributed by atoms with E-state index in [2.05, 4.69) is 31.3 Å². The average molecular weight is 1220 g/mol. The van der Waals surface area contributed by atoms with Gasteiger partial charge < -0.3 is 55.2 Å². The number of benzene rings is 4. The number of unbranched alkanes of at least 4 members (excludes halogenated alkanes) is 1. The summed E-state index contributed by atoms with van der Waals surface area (Å²) in [4.78, 5) is 127. The zero-order valence-corrected chi connectivity index (χ0v) is 51.6.